The Morgan fingerprint density at radius 1 is 1.06 bits per heavy atom. The number of hydrogen-bond donors (Lipinski definition) is 0. The van der Waals surface area contributed by atoms with Gasteiger partial charge in [-0.1, -0.05) is 17.7 Å². The number of hydrogen-bond acceptors (Lipinski definition) is 4. The van der Waals surface area contributed by atoms with Crippen LogP contribution in [0.4, 0.5) is 13.2 Å². The number of fused-ring (bicyclic) bond motifs is 2. The molecule has 2 bridgehead atoms. The zero-order valence-corrected chi connectivity index (χ0v) is 18.2. The highest BCUT2D eigenvalue weighted by atomic mass is 35.5. The van der Waals surface area contributed by atoms with Crippen molar-refractivity contribution in [2.24, 2.45) is 5.92 Å². The van der Waals surface area contributed by atoms with E-state index in [2.05, 4.69) is 15.0 Å². The number of nitrogens with zero attached hydrogens (tertiary/aromatic N) is 4. The van der Waals surface area contributed by atoms with Gasteiger partial charge in [-0.15, -0.1) is 0 Å². The summed E-state index contributed by atoms with van der Waals surface area (Å²) in [6.07, 6.45) is 2.79. The number of carbonyl (C=O) groups is 1. The van der Waals surface area contributed by atoms with E-state index in [9.17, 15) is 18.0 Å². The summed E-state index contributed by atoms with van der Waals surface area (Å²) in [5, 5.41) is 0.407. The third-order valence-electron chi connectivity index (χ3n) is 6.56. The Balaban J connectivity index is 1.39. The summed E-state index contributed by atoms with van der Waals surface area (Å²) >= 11 is 6.44. The van der Waals surface area contributed by atoms with Crippen LogP contribution in [0.2, 0.25) is 5.02 Å². The third-order valence-corrected chi connectivity index (χ3v) is 6.87. The van der Waals surface area contributed by atoms with Crippen molar-refractivity contribution >= 4 is 17.5 Å². The van der Waals surface area contributed by atoms with Gasteiger partial charge >= 0.3 is 6.18 Å². The molecule has 3 atom stereocenters. The third kappa shape index (κ3) is 4.08. The molecule has 5 rings (SSSR count). The van der Waals surface area contributed by atoms with Crippen LogP contribution in [0.1, 0.15) is 40.9 Å². The van der Waals surface area contributed by atoms with Gasteiger partial charge in [0.05, 0.1) is 21.7 Å². The maximum Gasteiger partial charge on any atom is 0.417 e. The average Bonchev–Trinajstić information content (AvgIpc) is 3.36. The van der Waals surface area contributed by atoms with Crippen molar-refractivity contribution in [1.29, 1.82) is 0 Å². The van der Waals surface area contributed by atoms with E-state index in [-0.39, 0.29) is 23.9 Å². The van der Waals surface area contributed by atoms with Crippen LogP contribution < -0.4 is 0 Å². The van der Waals surface area contributed by atoms with Crippen LogP contribution in [0.5, 0.6) is 0 Å². The summed E-state index contributed by atoms with van der Waals surface area (Å²) in [5.74, 6) is 0.423. The predicted molar refractivity (Wildman–Crippen MR) is 117 cm³/mol. The molecule has 2 aliphatic heterocycles. The molecule has 0 spiro atoms. The van der Waals surface area contributed by atoms with E-state index < -0.39 is 11.7 Å². The van der Waals surface area contributed by atoms with Gasteiger partial charge in [0, 0.05) is 36.4 Å². The smallest absolute Gasteiger partial charge is 0.332 e. The van der Waals surface area contributed by atoms with E-state index >= 15 is 0 Å². The lowest BCUT2D eigenvalue weighted by Crippen LogP contribution is -2.37. The van der Waals surface area contributed by atoms with Crippen LogP contribution in [0.15, 0.2) is 55.0 Å². The molecule has 0 saturated carbocycles. The summed E-state index contributed by atoms with van der Waals surface area (Å²) in [6.45, 7) is 0. The molecule has 2 saturated heterocycles. The van der Waals surface area contributed by atoms with Crippen molar-refractivity contribution in [3.63, 3.8) is 0 Å². The fourth-order valence-electron chi connectivity index (χ4n) is 5.13. The maximum atomic E-state index is 13.7. The summed E-state index contributed by atoms with van der Waals surface area (Å²) in [4.78, 5) is 28.2. The van der Waals surface area contributed by atoms with Gasteiger partial charge in [-0.05, 0) is 61.9 Å². The molecule has 4 heterocycles. The summed E-state index contributed by atoms with van der Waals surface area (Å²) < 4.78 is 38.5. The first-order chi connectivity index (χ1) is 15.8. The Labute approximate surface area is 193 Å². The second kappa shape index (κ2) is 8.41. The van der Waals surface area contributed by atoms with Gasteiger partial charge in [0.1, 0.15) is 0 Å². The average molecular weight is 473 g/mol. The predicted octanol–water partition coefficient (Wildman–Crippen LogP) is 5.45. The van der Waals surface area contributed by atoms with E-state index in [1.165, 1.54) is 6.07 Å². The molecule has 170 valence electrons. The van der Waals surface area contributed by atoms with Crippen LogP contribution in [0.25, 0.3) is 11.4 Å². The highest BCUT2D eigenvalue weighted by Crippen LogP contribution is 2.44. The lowest BCUT2D eigenvalue weighted by atomic mass is 9.86. The Morgan fingerprint density at radius 2 is 1.85 bits per heavy atom. The number of benzene rings is 1. The lowest BCUT2D eigenvalue weighted by molar-refractivity contribution is -0.137. The quantitative estimate of drug-likeness (QED) is 0.507. The monoisotopic (exact) mass is 472 g/mol. The molecule has 9 heteroatoms. The fraction of sp³-hybridized carbons (Fsp3) is 0.333. The Morgan fingerprint density at radius 3 is 2.55 bits per heavy atom. The molecule has 5 nitrogen and oxygen atoms in total. The van der Waals surface area contributed by atoms with Crippen LogP contribution in [-0.2, 0) is 12.6 Å². The van der Waals surface area contributed by atoms with E-state index in [1.54, 1.807) is 36.7 Å². The maximum absolute atomic E-state index is 13.7. The molecule has 1 aromatic carbocycles. The molecule has 33 heavy (non-hydrogen) atoms. The molecule has 0 N–H and O–H groups in total. The largest absolute Gasteiger partial charge is 0.417 e. The normalized spacial score (nSPS) is 22.1. The van der Waals surface area contributed by atoms with Gasteiger partial charge in [0.2, 0.25) is 0 Å². The standard InChI is InChI=1S/C24H20ClF3N4O/c25-19-4-1-3-18(21(19)22-29-9-2-10-30-22)23(33)32-17-7-8-20(32)14(12-17)11-16-6-5-15(13-31-16)24(26,27)28/h1-6,9-10,13-14,17,20H,7-8,11-12H2. The van der Waals surface area contributed by atoms with Gasteiger partial charge in [-0.25, -0.2) is 9.97 Å². The minimum absolute atomic E-state index is 0.00937. The lowest BCUT2D eigenvalue weighted by Gasteiger charge is -2.25. The second-order valence-corrected chi connectivity index (χ2v) is 8.89. The molecule has 1 amide bonds. The van der Waals surface area contributed by atoms with Crippen molar-refractivity contribution in [3.05, 3.63) is 76.8 Å². The van der Waals surface area contributed by atoms with Crippen LogP contribution in [-0.4, -0.2) is 37.8 Å². The number of amides is 1. The Kier molecular flexibility index (Phi) is 5.56. The molecular formula is C24H20ClF3N4O. The summed E-state index contributed by atoms with van der Waals surface area (Å²) in [6, 6.07) is 9.48. The van der Waals surface area contributed by atoms with Crippen LogP contribution in [0.3, 0.4) is 0 Å². The first-order valence-corrected chi connectivity index (χ1v) is 11.1. The summed E-state index contributed by atoms with van der Waals surface area (Å²) in [5.41, 5.74) is 0.817. The van der Waals surface area contributed by atoms with Gasteiger partial charge in [0.25, 0.3) is 5.91 Å². The minimum Gasteiger partial charge on any atom is -0.332 e. The molecular weight excluding hydrogens is 453 g/mol. The number of halogens is 4. The van der Waals surface area contributed by atoms with Crippen molar-refractivity contribution in [1.82, 2.24) is 19.9 Å². The first kappa shape index (κ1) is 21.8. The zero-order valence-electron chi connectivity index (χ0n) is 17.5. The number of rotatable bonds is 4. The highest BCUT2D eigenvalue weighted by molar-refractivity contribution is 6.34. The van der Waals surface area contributed by atoms with E-state index in [1.807, 2.05) is 4.90 Å². The van der Waals surface area contributed by atoms with E-state index in [0.717, 1.165) is 31.5 Å². The molecule has 0 aliphatic carbocycles. The number of alkyl halides is 3. The fourth-order valence-corrected chi connectivity index (χ4v) is 5.39. The SMILES string of the molecule is O=C(c1cccc(Cl)c1-c1ncccn1)N1C2CCC1C(Cc1ccc(C(F)(F)F)cn1)C2. The highest BCUT2D eigenvalue weighted by Gasteiger charge is 2.49. The van der Waals surface area contributed by atoms with E-state index in [0.29, 0.717) is 34.1 Å². The topological polar surface area (TPSA) is 59.0 Å². The van der Waals surface area contributed by atoms with Gasteiger partial charge in [-0.3, -0.25) is 9.78 Å². The minimum atomic E-state index is -4.40. The van der Waals surface area contributed by atoms with Crippen molar-refractivity contribution in [2.75, 3.05) is 0 Å². The number of pyridine rings is 1. The number of carbonyl (C=O) groups excluding carboxylic acids is 1. The Hall–Kier alpha value is -3.00. The first-order valence-electron chi connectivity index (χ1n) is 10.7. The van der Waals surface area contributed by atoms with Gasteiger partial charge in [-0.2, -0.15) is 13.2 Å². The molecule has 2 aliphatic rings. The van der Waals surface area contributed by atoms with Crippen molar-refractivity contribution in [2.45, 2.75) is 43.9 Å². The Bertz CT molecular complexity index is 1170. The molecule has 3 aromatic rings. The second-order valence-electron chi connectivity index (χ2n) is 8.48. The van der Waals surface area contributed by atoms with Gasteiger partial charge in [0.15, 0.2) is 5.82 Å². The summed E-state index contributed by atoms with van der Waals surface area (Å²) in [7, 11) is 0. The van der Waals surface area contributed by atoms with Crippen molar-refractivity contribution < 1.29 is 18.0 Å². The van der Waals surface area contributed by atoms with Crippen LogP contribution >= 0.6 is 11.6 Å². The molecule has 2 aromatic heterocycles. The van der Waals surface area contributed by atoms with Crippen LogP contribution in [0, 0.1) is 5.92 Å². The molecule has 3 unspecified atom stereocenters. The molecule has 2 fully saturated rings. The van der Waals surface area contributed by atoms with Crippen molar-refractivity contribution in [3.8, 4) is 11.4 Å². The van der Waals surface area contributed by atoms with Gasteiger partial charge < -0.3 is 4.90 Å². The number of aromatic nitrogens is 3. The van der Waals surface area contributed by atoms with E-state index in [4.69, 9.17) is 11.6 Å². The zero-order chi connectivity index (χ0) is 23.2. The molecule has 0 radical (unpaired) electrons.